The first-order chi connectivity index (χ1) is 19.2. The Morgan fingerprint density at radius 2 is 1.67 bits per heavy atom. The SMILES string of the molecule is [2H]c1cc(C([2H])([2H])[2H])cc(-c2c(C)ccc3c2oc2c(-c4ccc(C5CCCCC5)cc4)c(C#N)ccc23)[n+]1C. The van der Waals surface area contributed by atoms with Crippen molar-refractivity contribution in [1.82, 2.24) is 0 Å². The van der Waals surface area contributed by atoms with Crippen molar-refractivity contribution in [2.24, 2.45) is 7.05 Å². The molecular weight excluding hydrogens is 440 g/mol. The molecule has 1 fully saturated rings. The minimum Gasteiger partial charge on any atom is -0.454 e. The molecule has 3 heteroatoms. The van der Waals surface area contributed by atoms with Crippen LogP contribution in [-0.4, -0.2) is 0 Å². The van der Waals surface area contributed by atoms with Gasteiger partial charge in [0.2, 0.25) is 5.69 Å². The molecule has 2 heterocycles. The molecule has 36 heavy (non-hydrogen) atoms. The average molecular weight is 476 g/mol. The lowest BCUT2D eigenvalue weighted by Gasteiger charge is -2.22. The summed E-state index contributed by atoms with van der Waals surface area (Å²) in [5, 5.41) is 11.8. The molecule has 0 unspecified atom stereocenters. The lowest BCUT2D eigenvalue weighted by molar-refractivity contribution is -0.660. The molecule has 3 aromatic carbocycles. The van der Waals surface area contributed by atoms with Crippen LogP contribution in [-0.2, 0) is 7.05 Å². The molecule has 1 aliphatic rings. The second kappa shape index (κ2) is 8.95. The number of aryl methyl sites for hydroxylation is 2. The van der Waals surface area contributed by atoms with Crippen LogP contribution >= 0.6 is 0 Å². The number of nitriles is 1. The summed E-state index contributed by atoms with van der Waals surface area (Å²) in [6.07, 6.45) is 6.42. The van der Waals surface area contributed by atoms with Crippen LogP contribution in [0.5, 0.6) is 0 Å². The third-order valence-corrected chi connectivity index (χ3v) is 7.74. The van der Waals surface area contributed by atoms with Crippen molar-refractivity contribution in [2.75, 3.05) is 0 Å². The number of rotatable bonds is 3. The van der Waals surface area contributed by atoms with Crippen LogP contribution in [0, 0.1) is 25.1 Å². The van der Waals surface area contributed by atoms with E-state index in [4.69, 9.17) is 9.90 Å². The van der Waals surface area contributed by atoms with Crippen molar-refractivity contribution >= 4 is 21.9 Å². The lowest BCUT2D eigenvalue weighted by Crippen LogP contribution is -2.30. The van der Waals surface area contributed by atoms with E-state index in [1.54, 1.807) is 17.7 Å². The Hall–Kier alpha value is -3.90. The third-order valence-electron chi connectivity index (χ3n) is 7.74. The Balaban J connectivity index is 1.58. The van der Waals surface area contributed by atoms with E-state index in [0.717, 1.165) is 33.0 Å². The number of hydrogen-bond donors (Lipinski definition) is 0. The van der Waals surface area contributed by atoms with E-state index in [1.807, 2.05) is 31.2 Å². The zero-order valence-electron chi connectivity index (χ0n) is 24.7. The molecule has 0 N–H and O–H groups in total. The normalized spacial score (nSPS) is 16.4. The maximum absolute atomic E-state index is 10.1. The molecule has 0 radical (unpaired) electrons. The van der Waals surface area contributed by atoms with Gasteiger partial charge >= 0.3 is 0 Å². The summed E-state index contributed by atoms with van der Waals surface area (Å²) >= 11 is 0. The highest BCUT2D eigenvalue weighted by molar-refractivity contribution is 6.14. The van der Waals surface area contributed by atoms with Crippen molar-refractivity contribution in [2.45, 2.75) is 51.8 Å². The predicted octanol–water partition coefficient (Wildman–Crippen LogP) is 8.28. The highest BCUT2D eigenvalue weighted by Crippen LogP contribution is 2.42. The number of hydrogen-bond acceptors (Lipinski definition) is 2. The van der Waals surface area contributed by atoms with Crippen molar-refractivity contribution in [1.29, 1.82) is 5.26 Å². The summed E-state index contributed by atoms with van der Waals surface area (Å²) in [5.41, 5.74) is 7.19. The number of fused-ring (bicyclic) bond motifs is 3. The van der Waals surface area contributed by atoms with Crippen molar-refractivity contribution in [3.05, 3.63) is 89.1 Å². The Bertz CT molecular complexity index is 1800. The first-order valence-corrected chi connectivity index (χ1v) is 12.7. The van der Waals surface area contributed by atoms with Gasteiger partial charge in [-0.2, -0.15) is 5.26 Å². The highest BCUT2D eigenvalue weighted by atomic mass is 16.3. The van der Waals surface area contributed by atoms with Crippen molar-refractivity contribution < 1.29 is 14.5 Å². The van der Waals surface area contributed by atoms with Gasteiger partial charge < -0.3 is 4.42 Å². The maximum Gasteiger partial charge on any atom is 0.216 e. The zero-order chi connectivity index (χ0) is 28.2. The topological polar surface area (TPSA) is 40.8 Å². The molecule has 0 spiro atoms. The first-order valence-electron chi connectivity index (χ1n) is 14.7. The van der Waals surface area contributed by atoms with Crippen LogP contribution in [0.15, 0.2) is 71.3 Å². The molecule has 1 saturated carbocycles. The molecule has 2 aromatic heterocycles. The monoisotopic (exact) mass is 475 g/mol. The van der Waals surface area contributed by atoms with Gasteiger partial charge in [0.25, 0.3) is 0 Å². The van der Waals surface area contributed by atoms with Crippen molar-refractivity contribution in [3.63, 3.8) is 0 Å². The summed E-state index contributed by atoms with van der Waals surface area (Å²) < 4.78 is 40.6. The minimum atomic E-state index is -2.34. The van der Waals surface area contributed by atoms with Gasteiger partial charge in [0, 0.05) is 32.6 Å². The smallest absolute Gasteiger partial charge is 0.216 e. The number of furan rings is 1. The molecule has 0 aliphatic heterocycles. The molecule has 6 rings (SSSR count). The molecule has 5 aromatic rings. The summed E-state index contributed by atoms with van der Waals surface area (Å²) in [6, 6.07) is 21.7. The highest BCUT2D eigenvalue weighted by Gasteiger charge is 2.23. The second-order valence-corrected chi connectivity index (χ2v) is 9.99. The summed E-state index contributed by atoms with van der Waals surface area (Å²) in [5.74, 6) is 0.596. The Labute approximate surface area is 218 Å². The van der Waals surface area contributed by atoms with Crippen molar-refractivity contribution in [3.8, 4) is 28.5 Å². The minimum absolute atomic E-state index is 0.0988. The fourth-order valence-corrected chi connectivity index (χ4v) is 5.82. The molecule has 178 valence electrons. The average Bonchev–Trinajstić information content (AvgIpc) is 3.32. The van der Waals surface area contributed by atoms with Gasteiger partial charge in [-0.15, -0.1) is 0 Å². The van der Waals surface area contributed by atoms with E-state index in [9.17, 15) is 5.26 Å². The lowest BCUT2D eigenvalue weighted by atomic mass is 9.83. The maximum atomic E-state index is 10.1. The Kier molecular flexibility index (Phi) is 4.57. The van der Waals surface area contributed by atoms with Gasteiger partial charge in [0.1, 0.15) is 19.6 Å². The molecule has 0 amide bonds. The van der Waals surface area contributed by atoms with E-state index in [1.165, 1.54) is 43.7 Å². The number of nitrogens with zero attached hydrogens (tertiary/aromatic N) is 2. The predicted molar refractivity (Wildman–Crippen MR) is 146 cm³/mol. The summed E-state index contributed by atoms with van der Waals surface area (Å²) in [7, 11) is 1.76. The van der Waals surface area contributed by atoms with E-state index in [2.05, 4.69) is 30.3 Å². The summed E-state index contributed by atoms with van der Waals surface area (Å²) in [6.45, 7) is -0.383. The molecular formula is C33H31N2O+. The number of aromatic nitrogens is 1. The Morgan fingerprint density at radius 3 is 2.39 bits per heavy atom. The van der Waals surface area contributed by atoms with E-state index in [0.29, 0.717) is 28.3 Å². The standard InChI is InChI=1S/C33H31N2O/c1-21-17-18-35(3)29(19-21)30-22(2)9-15-27-28-16-14-26(20-34)31(33(28)36-32(27)30)25-12-10-24(11-13-25)23-7-5-4-6-8-23/h9-19,23H,4-8H2,1-3H3/q+1/i1D3,18D. The van der Waals surface area contributed by atoms with Crippen LogP contribution in [0.1, 0.15) is 65.8 Å². The largest absolute Gasteiger partial charge is 0.454 e. The number of pyridine rings is 1. The Morgan fingerprint density at radius 1 is 0.944 bits per heavy atom. The molecule has 0 saturated heterocycles. The molecule has 3 nitrogen and oxygen atoms in total. The fourth-order valence-electron chi connectivity index (χ4n) is 5.82. The van der Waals surface area contributed by atoms with Crippen LogP contribution in [0.25, 0.3) is 44.3 Å². The van der Waals surface area contributed by atoms with Gasteiger partial charge in [0.05, 0.1) is 17.2 Å². The zero-order valence-corrected chi connectivity index (χ0v) is 20.7. The molecule has 0 bridgehead atoms. The van der Waals surface area contributed by atoms with Gasteiger partial charge in [-0.1, -0.05) is 55.7 Å². The first kappa shape index (κ1) is 18.4. The van der Waals surface area contributed by atoms with Gasteiger partial charge in [0.15, 0.2) is 6.17 Å². The van der Waals surface area contributed by atoms with E-state index in [-0.39, 0.29) is 11.7 Å². The fraction of sp³-hybridized carbons (Fsp3) is 0.273. The quantitative estimate of drug-likeness (QED) is 0.246. The van der Waals surface area contributed by atoms with Gasteiger partial charge in [-0.05, 0) is 66.9 Å². The van der Waals surface area contributed by atoms with E-state index < -0.39 is 6.85 Å². The van der Waals surface area contributed by atoms with Crippen LogP contribution in [0.3, 0.4) is 0 Å². The van der Waals surface area contributed by atoms with E-state index >= 15 is 0 Å². The second-order valence-electron chi connectivity index (χ2n) is 9.99. The van der Waals surface area contributed by atoms with Crippen LogP contribution < -0.4 is 4.57 Å². The summed E-state index contributed by atoms with van der Waals surface area (Å²) in [4.78, 5) is 0. The third kappa shape index (κ3) is 3.69. The molecule has 0 atom stereocenters. The van der Waals surface area contributed by atoms with Crippen LogP contribution in [0.2, 0.25) is 0 Å². The van der Waals surface area contributed by atoms with Gasteiger partial charge in [-0.25, -0.2) is 4.57 Å². The van der Waals surface area contributed by atoms with Crippen LogP contribution in [0.4, 0.5) is 0 Å². The molecule has 1 aliphatic carbocycles. The van der Waals surface area contributed by atoms with Gasteiger partial charge in [-0.3, -0.25) is 0 Å². The number of benzene rings is 3.